The van der Waals surface area contributed by atoms with Crippen molar-refractivity contribution < 1.29 is 35.8 Å². The Labute approximate surface area is 225 Å². The summed E-state index contributed by atoms with van der Waals surface area (Å²) in [6.07, 6.45) is -5.65. The van der Waals surface area contributed by atoms with Crippen LogP contribution in [0.25, 0.3) is 10.9 Å². The van der Waals surface area contributed by atoms with Gasteiger partial charge in [-0.15, -0.1) is 0 Å². The number of nitrogens with one attached hydrogen (secondary N) is 3. The number of anilines is 2. The van der Waals surface area contributed by atoms with Crippen LogP contribution in [0.2, 0.25) is 5.02 Å². The lowest BCUT2D eigenvalue weighted by Crippen LogP contribution is -2.26. The van der Waals surface area contributed by atoms with Gasteiger partial charge in [0, 0.05) is 30.2 Å². The summed E-state index contributed by atoms with van der Waals surface area (Å²) in [4.78, 5) is -0.654. The van der Waals surface area contributed by atoms with E-state index in [1.165, 1.54) is 42.5 Å². The number of aliphatic hydroxyl groups excluding tert-OH is 1. The molecular weight excluding hydrogens is 566 g/mol. The number of sulfonamides is 1. The Hall–Kier alpha value is -3.59. The highest BCUT2D eigenvalue weighted by Crippen LogP contribution is 2.34. The van der Waals surface area contributed by atoms with E-state index in [1.807, 2.05) is 0 Å². The van der Waals surface area contributed by atoms with Gasteiger partial charge >= 0.3 is 6.18 Å². The minimum absolute atomic E-state index is 0.0248. The summed E-state index contributed by atoms with van der Waals surface area (Å²) >= 11 is 6.11. The maximum atomic E-state index is 14.1. The van der Waals surface area contributed by atoms with Gasteiger partial charge in [-0.25, -0.2) is 12.8 Å². The first-order valence-electron chi connectivity index (χ1n) is 11.3. The molecule has 4 aromatic rings. The predicted octanol–water partition coefficient (Wildman–Crippen LogP) is 4.46. The lowest BCUT2D eigenvalue weighted by atomic mass is 10.1. The van der Waals surface area contributed by atoms with Gasteiger partial charge < -0.3 is 20.9 Å². The SMILES string of the molecule is Nc1ccc(F)c(S(=O)(=O)Nc2cc(C(O)CNCCOc3ccc4c(C(F)(F)F)n[nH]c4c3)ccc2Cl)c1. The van der Waals surface area contributed by atoms with E-state index in [2.05, 4.69) is 20.2 Å². The lowest BCUT2D eigenvalue weighted by Gasteiger charge is -2.16. The number of benzene rings is 3. The summed E-state index contributed by atoms with van der Waals surface area (Å²) in [6.45, 7) is 0.457. The molecule has 4 rings (SSSR count). The van der Waals surface area contributed by atoms with E-state index in [1.54, 1.807) is 0 Å². The van der Waals surface area contributed by atoms with Crippen LogP contribution in [-0.2, 0) is 16.2 Å². The van der Waals surface area contributed by atoms with Gasteiger partial charge in [0.15, 0.2) is 5.69 Å². The number of alkyl halides is 3. The van der Waals surface area contributed by atoms with E-state index in [-0.39, 0.29) is 47.0 Å². The van der Waals surface area contributed by atoms with Crippen LogP contribution >= 0.6 is 11.6 Å². The first-order chi connectivity index (χ1) is 18.3. The van der Waals surface area contributed by atoms with Crippen LogP contribution in [0.4, 0.5) is 28.9 Å². The molecule has 208 valence electrons. The Kier molecular flexibility index (Phi) is 8.20. The zero-order valence-electron chi connectivity index (χ0n) is 19.9. The highest BCUT2D eigenvalue weighted by atomic mass is 35.5. The van der Waals surface area contributed by atoms with E-state index in [0.717, 1.165) is 12.1 Å². The average Bonchev–Trinajstić information content (AvgIpc) is 3.30. The van der Waals surface area contributed by atoms with Crippen LogP contribution in [0.5, 0.6) is 5.75 Å². The molecule has 0 saturated carbocycles. The molecule has 0 amide bonds. The van der Waals surface area contributed by atoms with Crippen molar-refractivity contribution in [3.8, 4) is 5.75 Å². The number of nitrogens with two attached hydrogens (primary N) is 1. The van der Waals surface area contributed by atoms with Gasteiger partial charge in [-0.2, -0.15) is 18.3 Å². The molecule has 39 heavy (non-hydrogen) atoms. The van der Waals surface area contributed by atoms with E-state index in [4.69, 9.17) is 22.1 Å². The first kappa shape index (κ1) is 28.4. The Morgan fingerprint density at radius 3 is 2.64 bits per heavy atom. The van der Waals surface area contributed by atoms with Gasteiger partial charge in [-0.05, 0) is 48.0 Å². The Balaban J connectivity index is 1.32. The number of hydrogen-bond acceptors (Lipinski definition) is 7. The second-order valence-corrected chi connectivity index (χ2v) is 10.4. The van der Waals surface area contributed by atoms with Crippen molar-refractivity contribution in [2.75, 3.05) is 30.2 Å². The average molecular weight is 588 g/mol. The summed E-state index contributed by atoms with van der Waals surface area (Å²) in [7, 11) is -4.37. The third kappa shape index (κ3) is 6.71. The number of ether oxygens (including phenoxy) is 1. The number of nitrogen functional groups attached to an aromatic ring is 1. The zero-order chi connectivity index (χ0) is 28.4. The minimum atomic E-state index is -4.57. The number of aromatic amines is 1. The molecule has 0 fully saturated rings. The molecule has 0 aliphatic rings. The highest BCUT2D eigenvalue weighted by molar-refractivity contribution is 7.92. The first-order valence-corrected chi connectivity index (χ1v) is 13.2. The van der Waals surface area contributed by atoms with Crippen molar-refractivity contribution >= 4 is 43.9 Å². The summed E-state index contributed by atoms with van der Waals surface area (Å²) in [5.74, 6) is -0.667. The van der Waals surface area contributed by atoms with E-state index < -0.39 is 38.7 Å². The second kappa shape index (κ2) is 11.3. The predicted molar refractivity (Wildman–Crippen MR) is 137 cm³/mol. The van der Waals surface area contributed by atoms with Gasteiger partial charge in [-0.3, -0.25) is 9.82 Å². The van der Waals surface area contributed by atoms with Gasteiger partial charge in [0.2, 0.25) is 0 Å². The van der Waals surface area contributed by atoms with Crippen molar-refractivity contribution in [1.29, 1.82) is 0 Å². The molecule has 15 heteroatoms. The van der Waals surface area contributed by atoms with E-state index in [0.29, 0.717) is 11.3 Å². The van der Waals surface area contributed by atoms with Crippen LogP contribution in [0, 0.1) is 5.82 Å². The summed E-state index contributed by atoms with van der Waals surface area (Å²) in [5.41, 5.74) is 5.06. The Morgan fingerprint density at radius 1 is 1.13 bits per heavy atom. The molecule has 9 nitrogen and oxygen atoms in total. The van der Waals surface area contributed by atoms with E-state index in [9.17, 15) is 31.1 Å². The number of rotatable bonds is 10. The van der Waals surface area contributed by atoms with Crippen LogP contribution in [0.3, 0.4) is 0 Å². The Morgan fingerprint density at radius 2 is 1.90 bits per heavy atom. The van der Waals surface area contributed by atoms with Crippen LogP contribution in [-0.4, -0.2) is 43.4 Å². The van der Waals surface area contributed by atoms with Gasteiger partial charge in [0.1, 0.15) is 23.1 Å². The normalized spacial score (nSPS) is 13.0. The van der Waals surface area contributed by atoms with Crippen LogP contribution in [0.15, 0.2) is 59.5 Å². The molecule has 3 aromatic carbocycles. The van der Waals surface area contributed by atoms with Gasteiger partial charge in [-0.1, -0.05) is 17.7 Å². The number of fused-ring (bicyclic) bond motifs is 1. The summed E-state index contributed by atoms with van der Waals surface area (Å²) in [6, 6.07) is 11.4. The lowest BCUT2D eigenvalue weighted by molar-refractivity contribution is -0.139. The number of aromatic nitrogens is 2. The molecule has 0 radical (unpaired) electrons. The Bertz CT molecular complexity index is 1600. The quantitative estimate of drug-likeness (QED) is 0.105. The third-order valence-corrected chi connectivity index (χ3v) is 7.26. The van der Waals surface area contributed by atoms with Gasteiger partial charge in [0.05, 0.1) is 22.3 Å². The maximum Gasteiger partial charge on any atom is 0.435 e. The number of aliphatic hydroxyl groups is 1. The van der Waals surface area contributed by atoms with Crippen molar-refractivity contribution in [3.63, 3.8) is 0 Å². The molecule has 1 aromatic heterocycles. The molecule has 0 spiro atoms. The van der Waals surface area contributed by atoms with Crippen molar-refractivity contribution in [1.82, 2.24) is 15.5 Å². The van der Waals surface area contributed by atoms with Crippen molar-refractivity contribution in [2.45, 2.75) is 17.2 Å². The van der Waals surface area contributed by atoms with E-state index >= 15 is 0 Å². The summed E-state index contributed by atoms with van der Waals surface area (Å²) in [5, 5.41) is 19.1. The van der Waals surface area contributed by atoms with Gasteiger partial charge in [0.25, 0.3) is 10.0 Å². The fourth-order valence-electron chi connectivity index (χ4n) is 3.66. The van der Waals surface area contributed by atoms with Crippen LogP contribution < -0.4 is 20.5 Å². The standard InChI is InChI=1S/C24H22ClF4N5O4S/c25-17-5-1-13(9-20(17)34-39(36,37)22-10-14(30)2-6-18(22)26)21(35)12-31-7-8-38-15-3-4-16-19(11-15)32-33-23(16)24(27,28)29/h1-6,9-11,21,31,34-35H,7-8,12,30H2,(H,32,33). The number of nitrogens with zero attached hydrogens (tertiary/aromatic N) is 1. The van der Waals surface area contributed by atoms with Crippen molar-refractivity contribution in [2.24, 2.45) is 0 Å². The second-order valence-electron chi connectivity index (χ2n) is 8.38. The molecule has 0 saturated heterocycles. The smallest absolute Gasteiger partial charge is 0.435 e. The minimum Gasteiger partial charge on any atom is -0.492 e. The molecule has 0 aliphatic carbocycles. The number of halogens is 5. The summed E-state index contributed by atoms with van der Waals surface area (Å²) < 4.78 is 86.0. The maximum absolute atomic E-state index is 14.1. The third-order valence-electron chi connectivity index (χ3n) is 5.55. The van der Waals surface area contributed by atoms with Crippen LogP contribution in [0.1, 0.15) is 17.4 Å². The molecule has 0 bridgehead atoms. The molecule has 1 unspecified atom stereocenters. The topological polar surface area (TPSA) is 142 Å². The highest BCUT2D eigenvalue weighted by Gasteiger charge is 2.35. The fraction of sp³-hybridized carbons (Fsp3) is 0.208. The zero-order valence-corrected chi connectivity index (χ0v) is 21.5. The number of H-pyrrole nitrogens is 1. The molecular formula is C24H22ClF4N5O4S. The number of hydrogen-bond donors (Lipinski definition) is 5. The van der Waals surface area contributed by atoms with Crippen molar-refractivity contribution in [3.05, 3.63) is 76.7 Å². The monoisotopic (exact) mass is 587 g/mol. The fourth-order valence-corrected chi connectivity index (χ4v) is 5.06. The molecule has 1 heterocycles. The largest absolute Gasteiger partial charge is 0.492 e. The molecule has 1 atom stereocenters. The molecule has 0 aliphatic heterocycles. The molecule has 6 N–H and O–H groups in total.